The van der Waals surface area contributed by atoms with Crippen molar-refractivity contribution in [1.82, 2.24) is 9.80 Å². The third-order valence-corrected chi connectivity index (χ3v) is 5.59. The minimum absolute atomic E-state index is 0.0225. The minimum atomic E-state index is -0.567. The molecule has 6 nitrogen and oxygen atoms in total. The fourth-order valence-electron chi connectivity index (χ4n) is 4.47. The van der Waals surface area contributed by atoms with Crippen molar-refractivity contribution in [3.8, 4) is 11.8 Å². The van der Waals surface area contributed by atoms with Crippen molar-refractivity contribution in [3.05, 3.63) is 29.8 Å². The van der Waals surface area contributed by atoms with Gasteiger partial charge in [-0.25, -0.2) is 0 Å². The molecule has 1 aromatic rings. The summed E-state index contributed by atoms with van der Waals surface area (Å²) in [6.45, 7) is 10.6. The number of carbonyl (C=O) groups excluding carboxylic acids is 1. The Kier molecular flexibility index (Phi) is 6.81. The van der Waals surface area contributed by atoms with Crippen LogP contribution in [0.3, 0.4) is 0 Å². The lowest BCUT2D eigenvalue weighted by Gasteiger charge is -2.46. The van der Waals surface area contributed by atoms with Crippen LogP contribution in [-0.4, -0.2) is 66.2 Å². The minimum Gasteiger partial charge on any atom is -0.491 e. The lowest BCUT2D eigenvalue weighted by atomic mass is 9.83. The molecular weight excluding hydrogens is 366 g/mol. The molecule has 2 bridgehead atoms. The van der Waals surface area contributed by atoms with Crippen LogP contribution >= 0.6 is 0 Å². The van der Waals surface area contributed by atoms with Gasteiger partial charge in [0.25, 0.3) is 0 Å². The van der Waals surface area contributed by atoms with Crippen LogP contribution in [0.25, 0.3) is 0 Å². The highest BCUT2D eigenvalue weighted by atomic mass is 16.5. The summed E-state index contributed by atoms with van der Waals surface area (Å²) in [5.74, 6) is 1.90. The number of nitrogens with zero attached hydrogens (tertiary/aromatic N) is 3. The molecule has 2 saturated heterocycles. The molecule has 0 radical (unpaired) electrons. The van der Waals surface area contributed by atoms with E-state index in [1.165, 1.54) is 6.42 Å². The molecule has 2 heterocycles. The van der Waals surface area contributed by atoms with Gasteiger partial charge >= 0.3 is 0 Å². The number of ether oxygens (including phenoxy) is 1. The quantitative estimate of drug-likeness (QED) is 0.795. The van der Waals surface area contributed by atoms with E-state index in [1.807, 2.05) is 0 Å². The second-order valence-electron chi connectivity index (χ2n) is 9.82. The number of likely N-dealkylation sites (tertiary alicyclic amines) is 2. The van der Waals surface area contributed by atoms with Gasteiger partial charge in [0.05, 0.1) is 11.6 Å². The first-order valence-corrected chi connectivity index (χ1v) is 10.5. The van der Waals surface area contributed by atoms with Gasteiger partial charge in [0.15, 0.2) is 0 Å². The van der Waals surface area contributed by atoms with Gasteiger partial charge in [0, 0.05) is 39.1 Å². The van der Waals surface area contributed by atoms with E-state index in [-0.39, 0.29) is 17.9 Å². The molecule has 2 aliphatic heterocycles. The highest BCUT2D eigenvalue weighted by molar-refractivity contribution is 5.77. The molecule has 3 rings (SSSR count). The van der Waals surface area contributed by atoms with Crippen molar-refractivity contribution < 1.29 is 14.6 Å². The van der Waals surface area contributed by atoms with Gasteiger partial charge in [0.2, 0.25) is 5.91 Å². The third kappa shape index (κ3) is 6.45. The summed E-state index contributed by atoms with van der Waals surface area (Å²) in [6.07, 6.45) is 1.21. The number of hydrogen-bond acceptors (Lipinski definition) is 5. The first-order valence-electron chi connectivity index (χ1n) is 10.5. The van der Waals surface area contributed by atoms with Gasteiger partial charge in [-0.05, 0) is 47.9 Å². The molecule has 2 aliphatic rings. The van der Waals surface area contributed by atoms with Crippen molar-refractivity contribution >= 4 is 5.91 Å². The third-order valence-electron chi connectivity index (χ3n) is 5.59. The highest BCUT2D eigenvalue weighted by Crippen LogP contribution is 2.30. The topological polar surface area (TPSA) is 76.8 Å². The van der Waals surface area contributed by atoms with E-state index in [9.17, 15) is 9.90 Å². The van der Waals surface area contributed by atoms with Crippen LogP contribution in [0.4, 0.5) is 0 Å². The maximum absolute atomic E-state index is 12.6. The second-order valence-corrected chi connectivity index (χ2v) is 9.82. The molecule has 1 N–H and O–H groups in total. The molecule has 3 unspecified atom stereocenters. The van der Waals surface area contributed by atoms with E-state index >= 15 is 0 Å². The van der Waals surface area contributed by atoms with E-state index in [2.05, 4.69) is 36.6 Å². The first-order chi connectivity index (χ1) is 13.7. The largest absolute Gasteiger partial charge is 0.491 e. The maximum atomic E-state index is 12.6. The van der Waals surface area contributed by atoms with Gasteiger partial charge in [-0.1, -0.05) is 20.8 Å². The van der Waals surface area contributed by atoms with Crippen LogP contribution < -0.4 is 4.74 Å². The van der Waals surface area contributed by atoms with E-state index < -0.39 is 6.10 Å². The fourth-order valence-corrected chi connectivity index (χ4v) is 4.47. The van der Waals surface area contributed by atoms with Gasteiger partial charge < -0.3 is 14.7 Å². The molecule has 0 spiro atoms. The zero-order valence-electron chi connectivity index (χ0n) is 17.8. The molecule has 6 heteroatoms. The fraction of sp³-hybridized carbons (Fsp3) is 0.652. The maximum Gasteiger partial charge on any atom is 0.223 e. The first kappa shape index (κ1) is 21.6. The monoisotopic (exact) mass is 399 g/mol. The summed E-state index contributed by atoms with van der Waals surface area (Å²) in [7, 11) is 0. The predicted octanol–water partition coefficient (Wildman–Crippen LogP) is 2.51. The van der Waals surface area contributed by atoms with Crippen LogP contribution in [0.5, 0.6) is 5.75 Å². The Bertz CT molecular complexity index is 721. The van der Waals surface area contributed by atoms with Crippen LogP contribution in [0.15, 0.2) is 24.3 Å². The molecule has 0 aliphatic carbocycles. The number of fused-ring (bicyclic) bond motifs is 2. The number of aliphatic hydroxyl groups excluding tert-OH is 1. The Labute approximate surface area is 174 Å². The number of benzene rings is 1. The molecule has 0 aromatic heterocycles. The van der Waals surface area contributed by atoms with E-state index in [4.69, 9.17) is 10.00 Å². The van der Waals surface area contributed by atoms with E-state index in [0.29, 0.717) is 36.1 Å². The normalized spacial score (nSPS) is 23.3. The Morgan fingerprint density at radius 2 is 1.83 bits per heavy atom. The molecule has 29 heavy (non-hydrogen) atoms. The summed E-state index contributed by atoms with van der Waals surface area (Å²) in [5, 5.41) is 19.2. The number of β-amino-alcohol motifs (C(OH)–C–C–N with tert-alkyl or cyclic N) is 1. The molecule has 1 amide bonds. The number of piperidine rings is 2. The lowest BCUT2D eigenvalue weighted by molar-refractivity contribution is -0.137. The molecule has 1 aromatic carbocycles. The van der Waals surface area contributed by atoms with Crippen molar-refractivity contribution in [2.24, 2.45) is 17.3 Å². The zero-order valence-corrected chi connectivity index (χ0v) is 17.8. The number of carbonyl (C=O) groups is 1. The average Bonchev–Trinajstić information content (AvgIpc) is 2.64. The van der Waals surface area contributed by atoms with Crippen molar-refractivity contribution in [2.75, 3.05) is 39.3 Å². The number of nitriles is 1. The second kappa shape index (κ2) is 9.15. The molecule has 2 fully saturated rings. The molecule has 158 valence electrons. The van der Waals surface area contributed by atoms with Crippen LogP contribution in [-0.2, 0) is 4.79 Å². The van der Waals surface area contributed by atoms with Crippen LogP contribution in [0.2, 0.25) is 0 Å². The Hall–Kier alpha value is -2.10. The van der Waals surface area contributed by atoms with E-state index in [0.717, 1.165) is 26.2 Å². The number of hydrogen-bond donors (Lipinski definition) is 1. The van der Waals surface area contributed by atoms with Crippen molar-refractivity contribution in [2.45, 2.75) is 39.7 Å². The van der Waals surface area contributed by atoms with Gasteiger partial charge in [-0.15, -0.1) is 0 Å². The number of aliphatic hydroxyl groups is 1. The molecule has 0 saturated carbocycles. The van der Waals surface area contributed by atoms with Crippen molar-refractivity contribution in [3.63, 3.8) is 0 Å². The van der Waals surface area contributed by atoms with Crippen LogP contribution in [0, 0.1) is 28.6 Å². The van der Waals surface area contributed by atoms with Gasteiger partial charge in [-0.2, -0.15) is 5.26 Å². The lowest BCUT2D eigenvalue weighted by Crippen LogP contribution is -2.55. The summed E-state index contributed by atoms with van der Waals surface area (Å²) >= 11 is 0. The van der Waals surface area contributed by atoms with Gasteiger partial charge in [-0.3, -0.25) is 9.69 Å². The molecule has 3 atom stereocenters. The summed E-state index contributed by atoms with van der Waals surface area (Å²) < 4.78 is 5.66. The number of amides is 1. The number of rotatable bonds is 6. The van der Waals surface area contributed by atoms with Crippen molar-refractivity contribution in [1.29, 1.82) is 5.26 Å². The van der Waals surface area contributed by atoms with Gasteiger partial charge in [0.1, 0.15) is 18.5 Å². The average molecular weight is 400 g/mol. The SMILES string of the molecule is CC(C)(C)CC(=O)N1CC2CC(CN(CC(O)COc3ccc(C#N)cc3)C2)C1. The van der Waals surface area contributed by atoms with Crippen LogP contribution in [0.1, 0.15) is 39.2 Å². The predicted molar refractivity (Wildman–Crippen MR) is 111 cm³/mol. The Morgan fingerprint density at radius 3 is 2.38 bits per heavy atom. The summed E-state index contributed by atoms with van der Waals surface area (Å²) in [6, 6.07) is 8.99. The summed E-state index contributed by atoms with van der Waals surface area (Å²) in [5.41, 5.74) is 0.613. The summed E-state index contributed by atoms with van der Waals surface area (Å²) in [4.78, 5) is 17.0. The van der Waals surface area contributed by atoms with E-state index in [1.54, 1.807) is 24.3 Å². The Morgan fingerprint density at radius 1 is 1.21 bits per heavy atom. The molecular formula is C23H33N3O3. The standard InChI is InChI=1S/C23H33N3O3/c1-23(2,3)9-22(28)26-13-18-8-19(14-26)12-25(11-18)15-20(27)16-29-21-6-4-17(10-24)5-7-21/h4-7,18-20,27H,8-9,11-16H2,1-3H3. The smallest absolute Gasteiger partial charge is 0.223 e. The zero-order chi connectivity index (χ0) is 21.0. The Balaban J connectivity index is 1.44. The highest BCUT2D eigenvalue weighted by Gasteiger charge is 2.36.